The molecule has 0 saturated carbocycles. The van der Waals surface area contributed by atoms with Gasteiger partial charge in [0.2, 0.25) is 0 Å². The van der Waals surface area contributed by atoms with Crippen LogP contribution in [-0.4, -0.2) is 0 Å². The van der Waals surface area contributed by atoms with Crippen LogP contribution in [0.3, 0.4) is 0 Å². The van der Waals surface area contributed by atoms with Crippen molar-refractivity contribution in [3.63, 3.8) is 0 Å². The van der Waals surface area contributed by atoms with E-state index in [0.29, 0.717) is 0 Å². The Morgan fingerprint density at radius 3 is 2.09 bits per heavy atom. The Balaban J connectivity index is 1.01. The van der Waals surface area contributed by atoms with E-state index in [2.05, 4.69) is 195 Å². The molecular weight excluding hydrogens is 707 g/mol. The Hall–Kier alpha value is -7.10. The topological polar surface area (TPSA) is 29.5 Å². The predicted molar refractivity (Wildman–Crippen MR) is 241 cm³/mol. The maximum atomic E-state index is 6.81. The van der Waals surface area contributed by atoms with Crippen LogP contribution in [0.2, 0.25) is 0 Å². The highest BCUT2D eigenvalue weighted by Gasteiger charge is 2.36. The van der Waals surface area contributed by atoms with E-state index in [1.807, 2.05) is 6.07 Å². The molecule has 8 aromatic carbocycles. The van der Waals surface area contributed by atoms with Crippen LogP contribution >= 0.6 is 0 Å². The lowest BCUT2D eigenvalue weighted by molar-refractivity contribution is 0.532. The normalized spacial score (nSPS) is 15.2. The van der Waals surface area contributed by atoms with Gasteiger partial charge in [-0.2, -0.15) is 0 Å². The van der Waals surface area contributed by atoms with Gasteiger partial charge in [-0.3, -0.25) is 0 Å². The number of fused-ring (bicyclic) bond motifs is 10. The Morgan fingerprint density at radius 1 is 0.517 bits per heavy atom. The number of anilines is 3. The van der Waals surface area contributed by atoms with Gasteiger partial charge in [-0.05, 0) is 87.1 Å². The van der Waals surface area contributed by atoms with Crippen LogP contribution in [0.15, 0.2) is 185 Å². The molecule has 2 aliphatic rings. The molecule has 1 unspecified atom stereocenters. The van der Waals surface area contributed by atoms with E-state index in [9.17, 15) is 0 Å². The molecule has 0 N–H and O–H groups in total. The van der Waals surface area contributed by atoms with E-state index in [-0.39, 0.29) is 11.3 Å². The Labute approximate surface area is 337 Å². The van der Waals surface area contributed by atoms with Gasteiger partial charge in [0.25, 0.3) is 0 Å². The molecule has 0 radical (unpaired) electrons. The van der Waals surface area contributed by atoms with Gasteiger partial charge in [0.1, 0.15) is 22.5 Å². The fourth-order valence-electron chi connectivity index (χ4n) is 9.88. The van der Waals surface area contributed by atoms with Crippen LogP contribution in [0.5, 0.6) is 0 Å². The van der Waals surface area contributed by atoms with Crippen LogP contribution in [0.25, 0.3) is 72.0 Å². The summed E-state index contributed by atoms with van der Waals surface area (Å²) >= 11 is 0. The monoisotopic (exact) mass is 745 g/mol. The number of para-hydroxylation sites is 3. The second-order valence-corrected chi connectivity index (χ2v) is 16.4. The number of allylic oxidation sites excluding steroid dienone is 1. The SMILES string of the molecule is CC1(C)c2ccccc2-c2ccc(N(c3ccc(C4C=Cc5c(oc6ccccc56)C4)cc3)c3ccccc3-c3cccc4c3oc3cc5ccccc5cc34)cc21. The van der Waals surface area contributed by atoms with Gasteiger partial charge in [-0.15, -0.1) is 0 Å². The Kier molecular flexibility index (Phi) is 7.10. The molecule has 2 heterocycles. The lowest BCUT2D eigenvalue weighted by Crippen LogP contribution is -2.17. The predicted octanol–water partition coefficient (Wildman–Crippen LogP) is 15.3. The van der Waals surface area contributed by atoms with E-state index in [0.717, 1.165) is 67.9 Å². The third-order valence-corrected chi connectivity index (χ3v) is 12.8. The molecule has 10 aromatic rings. The number of hydrogen-bond donors (Lipinski definition) is 0. The Morgan fingerprint density at radius 2 is 1.21 bits per heavy atom. The van der Waals surface area contributed by atoms with Crippen LogP contribution in [0, 0.1) is 0 Å². The summed E-state index contributed by atoms with van der Waals surface area (Å²) in [5, 5.41) is 5.82. The average Bonchev–Trinajstić information content (AvgIpc) is 3.90. The van der Waals surface area contributed by atoms with Crippen LogP contribution < -0.4 is 4.90 Å². The largest absolute Gasteiger partial charge is 0.460 e. The lowest BCUT2D eigenvalue weighted by Gasteiger charge is -2.30. The zero-order valence-corrected chi connectivity index (χ0v) is 32.4. The average molecular weight is 746 g/mol. The first-order valence-electron chi connectivity index (χ1n) is 20.3. The van der Waals surface area contributed by atoms with E-state index < -0.39 is 0 Å². The van der Waals surface area contributed by atoms with Gasteiger partial charge in [0.15, 0.2) is 0 Å². The maximum absolute atomic E-state index is 6.81. The van der Waals surface area contributed by atoms with Gasteiger partial charge in [0, 0.05) is 62.0 Å². The van der Waals surface area contributed by atoms with Crippen molar-refractivity contribution in [1.29, 1.82) is 0 Å². The van der Waals surface area contributed by atoms with Crippen molar-refractivity contribution in [3.8, 4) is 22.3 Å². The van der Waals surface area contributed by atoms with E-state index >= 15 is 0 Å². The van der Waals surface area contributed by atoms with E-state index in [1.54, 1.807) is 0 Å². The summed E-state index contributed by atoms with van der Waals surface area (Å²) in [6.07, 6.45) is 5.42. The number of hydrogen-bond acceptors (Lipinski definition) is 3. The Bertz CT molecular complexity index is 3300. The molecule has 0 amide bonds. The summed E-state index contributed by atoms with van der Waals surface area (Å²) in [6.45, 7) is 4.71. The third-order valence-electron chi connectivity index (χ3n) is 12.8. The van der Waals surface area contributed by atoms with Gasteiger partial charge >= 0.3 is 0 Å². The highest BCUT2D eigenvalue weighted by molar-refractivity contribution is 6.14. The van der Waals surface area contributed by atoms with Crippen molar-refractivity contribution in [3.05, 3.63) is 204 Å². The van der Waals surface area contributed by atoms with Crippen LogP contribution in [0.4, 0.5) is 17.1 Å². The molecule has 0 bridgehead atoms. The minimum atomic E-state index is -0.136. The molecule has 0 saturated heterocycles. The molecule has 276 valence electrons. The molecule has 0 fully saturated rings. The quantitative estimate of drug-likeness (QED) is 0.176. The van der Waals surface area contributed by atoms with Crippen LogP contribution in [-0.2, 0) is 11.8 Å². The van der Waals surface area contributed by atoms with Gasteiger partial charge < -0.3 is 13.7 Å². The zero-order chi connectivity index (χ0) is 38.5. The number of furan rings is 2. The van der Waals surface area contributed by atoms with Crippen molar-refractivity contribution in [2.24, 2.45) is 0 Å². The third kappa shape index (κ3) is 4.93. The highest BCUT2D eigenvalue weighted by Crippen LogP contribution is 2.52. The molecule has 3 heteroatoms. The molecule has 2 aromatic heterocycles. The summed E-state index contributed by atoms with van der Waals surface area (Å²) in [5.74, 6) is 1.28. The summed E-state index contributed by atoms with van der Waals surface area (Å²) in [6, 6.07) is 61.7. The second kappa shape index (κ2) is 12.4. The first-order chi connectivity index (χ1) is 28.5. The van der Waals surface area contributed by atoms with Crippen molar-refractivity contribution in [2.75, 3.05) is 4.90 Å². The first-order valence-corrected chi connectivity index (χ1v) is 20.3. The molecule has 3 nitrogen and oxygen atoms in total. The summed E-state index contributed by atoms with van der Waals surface area (Å²) in [7, 11) is 0. The molecule has 58 heavy (non-hydrogen) atoms. The summed E-state index contributed by atoms with van der Waals surface area (Å²) < 4.78 is 13.2. The molecule has 1 atom stereocenters. The maximum Gasteiger partial charge on any atom is 0.143 e. The summed E-state index contributed by atoms with van der Waals surface area (Å²) in [4.78, 5) is 2.43. The molecule has 0 aliphatic heterocycles. The van der Waals surface area contributed by atoms with Gasteiger partial charge in [0.05, 0.1) is 5.69 Å². The van der Waals surface area contributed by atoms with Crippen molar-refractivity contribution >= 4 is 66.8 Å². The fourth-order valence-corrected chi connectivity index (χ4v) is 9.88. The number of rotatable bonds is 5. The molecular formula is C55H39NO2. The standard InChI is InChI=1S/C55H39NO2/c1-55(2)48-19-8-5-14-40(48)41-29-27-39(33-49(41)55)56(38-25-22-34(23-26-38)37-24-28-44-43-16-7-10-21-51(43)57-52(44)32-37)50-20-9-6-15-42(50)45-17-11-18-46-47-30-35-12-3-4-13-36(35)31-53(47)58-54(45)46/h3-31,33,37H,32H2,1-2H3. The molecule has 0 spiro atoms. The fraction of sp³-hybridized carbons (Fsp3) is 0.0909. The minimum Gasteiger partial charge on any atom is -0.460 e. The minimum absolute atomic E-state index is 0.136. The van der Waals surface area contributed by atoms with Gasteiger partial charge in [-0.1, -0.05) is 147 Å². The van der Waals surface area contributed by atoms with E-state index in [1.165, 1.54) is 49.5 Å². The lowest BCUT2D eigenvalue weighted by atomic mass is 9.82. The van der Waals surface area contributed by atoms with Crippen molar-refractivity contribution < 1.29 is 8.83 Å². The van der Waals surface area contributed by atoms with E-state index in [4.69, 9.17) is 8.83 Å². The highest BCUT2D eigenvalue weighted by atomic mass is 16.3. The smallest absolute Gasteiger partial charge is 0.143 e. The summed E-state index contributed by atoms with van der Waals surface area (Å²) in [5.41, 5.74) is 15.9. The second-order valence-electron chi connectivity index (χ2n) is 16.4. The number of nitrogens with zero attached hydrogens (tertiary/aromatic N) is 1. The zero-order valence-electron chi connectivity index (χ0n) is 32.4. The number of benzene rings is 8. The van der Waals surface area contributed by atoms with Crippen molar-refractivity contribution in [1.82, 2.24) is 0 Å². The van der Waals surface area contributed by atoms with Crippen LogP contribution in [0.1, 0.15) is 47.8 Å². The molecule has 12 rings (SSSR count). The van der Waals surface area contributed by atoms with Crippen molar-refractivity contribution in [2.45, 2.75) is 31.6 Å². The first kappa shape index (κ1) is 33.1. The van der Waals surface area contributed by atoms with Gasteiger partial charge in [-0.25, -0.2) is 0 Å². The molecule has 2 aliphatic carbocycles.